The molecule has 2 heterocycles. The van der Waals surface area contributed by atoms with Gasteiger partial charge in [0.2, 0.25) is 16.8 Å². The largest absolute Gasteiger partial charge is 0.475 e. The van der Waals surface area contributed by atoms with Crippen molar-refractivity contribution in [3.05, 3.63) is 17.9 Å². The normalized spacial score (nSPS) is 24.3. The Morgan fingerprint density at radius 2 is 2.00 bits per heavy atom. The number of rotatable bonds is 7. The summed E-state index contributed by atoms with van der Waals surface area (Å²) in [5.74, 6) is -1.31. The van der Waals surface area contributed by atoms with Crippen molar-refractivity contribution in [2.24, 2.45) is 11.8 Å². The molecule has 144 valence electrons. The van der Waals surface area contributed by atoms with Crippen LogP contribution in [0.2, 0.25) is 0 Å². The van der Waals surface area contributed by atoms with E-state index in [9.17, 15) is 18.0 Å². The summed E-state index contributed by atoms with van der Waals surface area (Å²) in [6, 6.07) is 2.55. The van der Waals surface area contributed by atoms with Gasteiger partial charge in [-0.05, 0) is 43.7 Å². The van der Waals surface area contributed by atoms with E-state index in [1.807, 2.05) is 0 Å². The predicted molar refractivity (Wildman–Crippen MR) is 92.1 cm³/mol. The van der Waals surface area contributed by atoms with Crippen molar-refractivity contribution in [2.75, 3.05) is 13.1 Å². The van der Waals surface area contributed by atoms with Crippen LogP contribution < -0.4 is 5.32 Å². The van der Waals surface area contributed by atoms with Gasteiger partial charge in [-0.15, -0.1) is 0 Å². The quantitative estimate of drug-likeness (QED) is 0.739. The molecule has 3 rings (SSSR count). The molecule has 0 bridgehead atoms. The van der Waals surface area contributed by atoms with Gasteiger partial charge >= 0.3 is 5.97 Å². The molecule has 9 heteroatoms. The van der Waals surface area contributed by atoms with Crippen molar-refractivity contribution in [3.8, 4) is 0 Å². The first-order chi connectivity index (χ1) is 12.3. The highest BCUT2D eigenvalue weighted by atomic mass is 32.2. The van der Waals surface area contributed by atoms with Crippen LogP contribution >= 0.6 is 0 Å². The highest BCUT2D eigenvalue weighted by molar-refractivity contribution is 7.89. The molecule has 0 spiro atoms. The molecule has 0 radical (unpaired) electrons. The topological polar surface area (TPSA) is 117 Å². The number of carboxylic acids is 1. The number of furan rings is 1. The minimum atomic E-state index is -3.88. The third-order valence-electron chi connectivity index (χ3n) is 5.12. The fourth-order valence-corrected chi connectivity index (χ4v) is 4.86. The van der Waals surface area contributed by atoms with Crippen molar-refractivity contribution in [3.63, 3.8) is 0 Å². The van der Waals surface area contributed by atoms with Crippen LogP contribution in [0, 0.1) is 11.8 Å². The van der Waals surface area contributed by atoms with Crippen molar-refractivity contribution in [1.29, 1.82) is 0 Å². The fourth-order valence-electron chi connectivity index (χ4n) is 3.47. The second kappa shape index (κ2) is 7.40. The molecule has 1 aliphatic heterocycles. The average molecular weight is 384 g/mol. The van der Waals surface area contributed by atoms with E-state index >= 15 is 0 Å². The number of aromatic carboxylic acids is 1. The SMILES string of the molecule is CCCC1CC1NC(=O)C1CCN(S(=O)(=O)c2ccc(C(=O)O)o2)CC1. The van der Waals surface area contributed by atoms with Crippen molar-refractivity contribution < 1.29 is 27.5 Å². The van der Waals surface area contributed by atoms with Crippen LogP contribution in [0.5, 0.6) is 0 Å². The molecule has 2 atom stereocenters. The molecule has 2 fully saturated rings. The lowest BCUT2D eigenvalue weighted by atomic mass is 9.97. The first-order valence-electron chi connectivity index (χ1n) is 8.96. The van der Waals surface area contributed by atoms with E-state index < -0.39 is 21.8 Å². The van der Waals surface area contributed by atoms with Crippen LogP contribution in [0.15, 0.2) is 21.6 Å². The minimum Gasteiger partial charge on any atom is -0.475 e. The maximum atomic E-state index is 12.5. The van der Waals surface area contributed by atoms with Crippen LogP contribution in [-0.4, -0.2) is 48.8 Å². The lowest BCUT2D eigenvalue weighted by Gasteiger charge is -2.29. The minimum absolute atomic E-state index is 0.0109. The summed E-state index contributed by atoms with van der Waals surface area (Å²) in [5.41, 5.74) is 0. The highest BCUT2D eigenvalue weighted by Gasteiger charge is 2.40. The van der Waals surface area contributed by atoms with E-state index in [0.717, 1.165) is 31.4 Å². The summed E-state index contributed by atoms with van der Waals surface area (Å²) in [4.78, 5) is 23.2. The summed E-state index contributed by atoms with van der Waals surface area (Å²) in [7, 11) is -3.88. The molecule has 26 heavy (non-hydrogen) atoms. The van der Waals surface area contributed by atoms with Crippen molar-refractivity contribution >= 4 is 21.9 Å². The van der Waals surface area contributed by atoms with Gasteiger partial charge in [-0.1, -0.05) is 13.3 Å². The third-order valence-corrected chi connectivity index (χ3v) is 6.89. The lowest BCUT2D eigenvalue weighted by molar-refractivity contribution is -0.126. The summed E-state index contributed by atoms with van der Waals surface area (Å²) >= 11 is 0. The monoisotopic (exact) mass is 384 g/mol. The van der Waals surface area contributed by atoms with Gasteiger partial charge in [0.15, 0.2) is 0 Å². The number of amides is 1. The van der Waals surface area contributed by atoms with Gasteiger partial charge in [0, 0.05) is 25.0 Å². The number of nitrogens with zero attached hydrogens (tertiary/aromatic N) is 1. The highest BCUT2D eigenvalue weighted by Crippen LogP contribution is 2.35. The number of carbonyl (C=O) groups is 2. The van der Waals surface area contributed by atoms with Gasteiger partial charge in [-0.2, -0.15) is 4.31 Å². The van der Waals surface area contributed by atoms with Crippen LogP contribution in [-0.2, 0) is 14.8 Å². The van der Waals surface area contributed by atoms with Gasteiger partial charge in [0.1, 0.15) is 0 Å². The van der Waals surface area contributed by atoms with Gasteiger partial charge in [-0.3, -0.25) is 4.79 Å². The smallest absolute Gasteiger partial charge is 0.371 e. The van der Waals surface area contributed by atoms with Crippen LogP contribution in [0.25, 0.3) is 0 Å². The van der Waals surface area contributed by atoms with Crippen LogP contribution in [0.4, 0.5) is 0 Å². The Bertz CT molecular complexity index is 779. The number of piperidine rings is 1. The van der Waals surface area contributed by atoms with Crippen molar-refractivity contribution in [1.82, 2.24) is 9.62 Å². The zero-order chi connectivity index (χ0) is 18.9. The second-order valence-electron chi connectivity index (χ2n) is 7.00. The van der Waals surface area contributed by atoms with Gasteiger partial charge in [0.05, 0.1) is 0 Å². The molecule has 2 aliphatic rings. The van der Waals surface area contributed by atoms with E-state index in [1.54, 1.807) is 0 Å². The molecular weight excluding hydrogens is 360 g/mol. The second-order valence-corrected chi connectivity index (χ2v) is 8.87. The molecule has 1 amide bonds. The zero-order valence-corrected chi connectivity index (χ0v) is 15.5. The molecule has 1 aromatic rings. The van der Waals surface area contributed by atoms with Gasteiger partial charge in [0.25, 0.3) is 10.0 Å². The molecule has 0 aromatic carbocycles. The van der Waals surface area contributed by atoms with E-state index in [1.165, 1.54) is 4.31 Å². The Hall–Kier alpha value is -1.87. The Kier molecular flexibility index (Phi) is 5.38. The van der Waals surface area contributed by atoms with E-state index in [4.69, 9.17) is 9.52 Å². The number of nitrogens with one attached hydrogen (secondary N) is 1. The standard InChI is InChI=1S/C17H24N2O6S/c1-2-3-12-10-13(12)18-16(20)11-6-8-19(9-7-11)26(23,24)15-5-4-14(25-15)17(21)22/h4-5,11-13H,2-3,6-10H2,1H3,(H,18,20)(H,21,22). The fraction of sp³-hybridized carbons (Fsp3) is 0.647. The molecule has 1 aliphatic carbocycles. The summed E-state index contributed by atoms with van der Waals surface area (Å²) < 4.78 is 31.3. The average Bonchev–Trinajstić information content (AvgIpc) is 3.12. The third kappa shape index (κ3) is 3.93. The van der Waals surface area contributed by atoms with E-state index in [0.29, 0.717) is 18.8 Å². The molecule has 1 saturated carbocycles. The molecule has 2 N–H and O–H groups in total. The Morgan fingerprint density at radius 1 is 1.31 bits per heavy atom. The van der Waals surface area contributed by atoms with Gasteiger partial charge < -0.3 is 14.8 Å². The van der Waals surface area contributed by atoms with Gasteiger partial charge in [-0.25, -0.2) is 13.2 Å². The van der Waals surface area contributed by atoms with E-state index in [-0.39, 0.29) is 36.0 Å². The molecule has 8 nitrogen and oxygen atoms in total. The summed E-state index contributed by atoms with van der Waals surface area (Å²) in [6.45, 7) is 2.56. The number of carboxylic acid groups (broad SMARTS) is 1. The number of hydrogen-bond acceptors (Lipinski definition) is 5. The Labute approximate surface area is 152 Å². The molecule has 2 unspecified atom stereocenters. The Balaban J connectivity index is 1.54. The van der Waals surface area contributed by atoms with Crippen LogP contribution in [0.3, 0.4) is 0 Å². The number of carbonyl (C=O) groups excluding carboxylic acids is 1. The molecule has 1 saturated heterocycles. The zero-order valence-electron chi connectivity index (χ0n) is 14.7. The first kappa shape index (κ1) is 18.9. The summed E-state index contributed by atoms with van der Waals surface area (Å²) in [5, 5.41) is 11.5. The molecule has 1 aromatic heterocycles. The maximum absolute atomic E-state index is 12.5. The summed E-state index contributed by atoms with van der Waals surface area (Å²) in [6.07, 6.45) is 4.18. The molecular formula is C17H24N2O6S. The lowest BCUT2D eigenvalue weighted by Crippen LogP contribution is -2.43. The number of sulfonamides is 1. The predicted octanol–water partition coefficient (Wildman–Crippen LogP) is 1.68. The Morgan fingerprint density at radius 3 is 2.58 bits per heavy atom. The van der Waals surface area contributed by atoms with E-state index in [2.05, 4.69) is 12.2 Å². The first-order valence-corrected chi connectivity index (χ1v) is 10.4. The van der Waals surface area contributed by atoms with Crippen LogP contribution in [0.1, 0.15) is 49.6 Å². The number of hydrogen-bond donors (Lipinski definition) is 2. The maximum Gasteiger partial charge on any atom is 0.371 e. The van der Waals surface area contributed by atoms with Crippen molar-refractivity contribution in [2.45, 2.75) is 50.2 Å².